The van der Waals surface area contributed by atoms with E-state index in [1.165, 1.54) is 18.4 Å². The van der Waals surface area contributed by atoms with E-state index in [0.717, 1.165) is 60.1 Å². The lowest BCUT2D eigenvalue weighted by atomic mass is 9.70. The third kappa shape index (κ3) is 1.92. The zero-order valence-electron chi connectivity index (χ0n) is 14.2. The van der Waals surface area contributed by atoms with Crippen LogP contribution in [0.2, 0.25) is 0 Å². The second-order valence-electron chi connectivity index (χ2n) is 8.36. The van der Waals surface area contributed by atoms with E-state index < -0.39 is 0 Å². The van der Waals surface area contributed by atoms with Gasteiger partial charge in [0.25, 0.3) is 0 Å². The van der Waals surface area contributed by atoms with E-state index in [1.54, 1.807) is 0 Å². The summed E-state index contributed by atoms with van der Waals surface area (Å²) in [6.07, 6.45) is 7.76. The first-order valence-corrected chi connectivity index (χ1v) is 9.58. The highest BCUT2D eigenvalue weighted by Crippen LogP contribution is 2.58. The van der Waals surface area contributed by atoms with Crippen LogP contribution in [-0.4, -0.2) is 10.2 Å². The van der Waals surface area contributed by atoms with Crippen LogP contribution in [0.4, 0.5) is 0 Å². The van der Waals surface area contributed by atoms with Gasteiger partial charge in [-0.1, -0.05) is 0 Å². The number of hydrogen-bond donors (Lipinski definition) is 2. The highest BCUT2D eigenvalue weighted by atomic mass is 16.5. The van der Waals surface area contributed by atoms with E-state index in [1.807, 2.05) is 12.1 Å². The van der Waals surface area contributed by atoms with Gasteiger partial charge in [-0.3, -0.25) is 0 Å². The Kier molecular flexibility index (Phi) is 2.54. The predicted molar refractivity (Wildman–Crippen MR) is 95.3 cm³/mol. The first kappa shape index (κ1) is 14.1. The minimum Gasteiger partial charge on any atom is -0.508 e. The van der Waals surface area contributed by atoms with Gasteiger partial charge < -0.3 is 14.9 Å². The summed E-state index contributed by atoms with van der Waals surface area (Å²) >= 11 is 0. The van der Waals surface area contributed by atoms with Crippen LogP contribution in [0.1, 0.15) is 73.5 Å². The Balaban J connectivity index is 1.60. The minimum absolute atomic E-state index is 0.310. The summed E-state index contributed by atoms with van der Waals surface area (Å²) in [4.78, 5) is 0. The zero-order valence-corrected chi connectivity index (χ0v) is 14.2. The van der Waals surface area contributed by atoms with Crippen LogP contribution in [0.3, 0.4) is 0 Å². The molecular weight excluding hydrogens is 312 g/mol. The maximum absolute atomic E-state index is 10.6. The van der Waals surface area contributed by atoms with E-state index >= 15 is 0 Å². The molecule has 0 amide bonds. The molecule has 1 heterocycles. The van der Waals surface area contributed by atoms with Gasteiger partial charge in [-0.2, -0.15) is 0 Å². The molecule has 0 radical (unpaired) electrons. The topological polar surface area (TPSA) is 49.7 Å². The van der Waals surface area contributed by atoms with Crippen molar-refractivity contribution in [1.29, 1.82) is 0 Å². The van der Waals surface area contributed by atoms with E-state index in [-0.39, 0.29) is 5.60 Å². The molecule has 3 nitrogen and oxygen atoms in total. The van der Waals surface area contributed by atoms with Gasteiger partial charge >= 0.3 is 0 Å². The summed E-state index contributed by atoms with van der Waals surface area (Å²) in [5.74, 6) is 2.62. The summed E-state index contributed by atoms with van der Waals surface area (Å²) in [6.45, 7) is 0. The average molecular weight is 334 g/mol. The van der Waals surface area contributed by atoms with Crippen molar-refractivity contribution in [2.45, 2.75) is 62.4 Å². The average Bonchev–Trinajstić information content (AvgIpc) is 3.44. The highest BCUT2D eigenvalue weighted by Gasteiger charge is 2.47. The van der Waals surface area contributed by atoms with Crippen LogP contribution in [0.15, 0.2) is 24.3 Å². The van der Waals surface area contributed by atoms with E-state index in [9.17, 15) is 10.2 Å². The quantitative estimate of drug-likeness (QED) is 0.784. The van der Waals surface area contributed by atoms with Gasteiger partial charge in [-0.25, -0.2) is 0 Å². The lowest BCUT2D eigenvalue weighted by Gasteiger charge is -2.46. The Bertz CT molecular complexity index is 902. The number of aromatic hydroxyl groups is 2. The van der Waals surface area contributed by atoms with Gasteiger partial charge in [0.1, 0.15) is 22.8 Å². The van der Waals surface area contributed by atoms with Gasteiger partial charge in [-0.15, -0.1) is 0 Å². The number of phenols is 2. The molecule has 0 atom stereocenters. The standard InChI is InChI=1S/C22H22O3/c23-19-10-18-16(8-14(19)12-2-3-12)17-9-15(13-4-5-13)20(24)11-21(17)25-22(18)6-1-7-22/h8-13,23-24H,1-7H2. The molecule has 2 aromatic carbocycles. The van der Waals surface area contributed by atoms with Crippen molar-refractivity contribution in [2.75, 3.05) is 0 Å². The van der Waals surface area contributed by atoms with Gasteiger partial charge in [-0.05, 0) is 91.7 Å². The molecule has 6 rings (SSSR count). The Morgan fingerprint density at radius 3 is 1.96 bits per heavy atom. The van der Waals surface area contributed by atoms with Crippen LogP contribution in [0.25, 0.3) is 11.1 Å². The SMILES string of the molecule is Oc1cc2c(cc1C1CC1)-c1cc(C3CC3)c(O)cc1C1(CCC1)O2. The molecule has 4 aliphatic rings. The van der Waals surface area contributed by atoms with Crippen LogP contribution in [-0.2, 0) is 5.60 Å². The fourth-order valence-electron chi connectivity index (χ4n) is 4.66. The van der Waals surface area contributed by atoms with Crippen LogP contribution < -0.4 is 4.74 Å². The molecule has 1 spiro atoms. The highest BCUT2D eigenvalue weighted by molar-refractivity contribution is 5.80. The molecule has 2 N–H and O–H groups in total. The van der Waals surface area contributed by atoms with Crippen LogP contribution >= 0.6 is 0 Å². The molecule has 0 aromatic heterocycles. The van der Waals surface area contributed by atoms with Crippen molar-refractivity contribution in [3.8, 4) is 28.4 Å². The third-order valence-electron chi connectivity index (χ3n) is 6.58. The number of benzene rings is 2. The van der Waals surface area contributed by atoms with E-state index in [4.69, 9.17) is 4.74 Å². The van der Waals surface area contributed by atoms with Crippen molar-refractivity contribution in [1.82, 2.24) is 0 Å². The van der Waals surface area contributed by atoms with E-state index in [2.05, 4.69) is 12.1 Å². The molecular formula is C22H22O3. The molecule has 0 saturated heterocycles. The molecule has 3 heteroatoms. The number of phenolic OH excluding ortho intramolecular Hbond substituents is 2. The summed E-state index contributed by atoms with van der Waals surface area (Å²) < 4.78 is 6.42. The summed E-state index contributed by atoms with van der Waals surface area (Å²) in [5, 5.41) is 21.0. The maximum Gasteiger partial charge on any atom is 0.135 e. The van der Waals surface area contributed by atoms with Crippen molar-refractivity contribution < 1.29 is 14.9 Å². The van der Waals surface area contributed by atoms with Crippen molar-refractivity contribution in [2.24, 2.45) is 0 Å². The third-order valence-corrected chi connectivity index (χ3v) is 6.58. The molecule has 3 fully saturated rings. The molecule has 3 saturated carbocycles. The molecule has 128 valence electrons. The van der Waals surface area contributed by atoms with Crippen molar-refractivity contribution >= 4 is 0 Å². The smallest absolute Gasteiger partial charge is 0.135 e. The Hall–Kier alpha value is -2.16. The van der Waals surface area contributed by atoms with Crippen molar-refractivity contribution in [3.05, 3.63) is 41.0 Å². The molecule has 2 aromatic rings. The van der Waals surface area contributed by atoms with Gasteiger partial charge in [0.15, 0.2) is 0 Å². The predicted octanol–water partition coefficient (Wildman–Crippen LogP) is 5.29. The number of rotatable bonds is 2. The summed E-state index contributed by atoms with van der Waals surface area (Å²) in [6, 6.07) is 8.14. The largest absolute Gasteiger partial charge is 0.508 e. The Morgan fingerprint density at radius 2 is 1.40 bits per heavy atom. The number of fused-ring (bicyclic) bond motifs is 4. The monoisotopic (exact) mass is 334 g/mol. The lowest BCUT2D eigenvalue weighted by molar-refractivity contribution is -0.0147. The van der Waals surface area contributed by atoms with Crippen LogP contribution in [0.5, 0.6) is 17.2 Å². The van der Waals surface area contributed by atoms with Gasteiger partial charge in [0.2, 0.25) is 0 Å². The molecule has 25 heavy (non-hydrogen) atoms. The minimum atomic E-state index is -0.310. The van der Waals surface area contributed by atoms with Gasteiger partial charge in [0, 0.05) is 17.2 Å². The second kappa shape index (κ2) is 4.51. The molecule has 0 bridgehead atoms. The van der Waals surface area contributed by atoms with E-state index in [0.29, 0.717) is 23.3 Å². The first-order valence-electron chi connectivity index (χ1n) is 9.58. The fourth-order valence-corrected chi connectivity index (χ4v) is 4.66. The van der Waals surface area contributed by atoms with Crippen molar-refractivity contribution in [3.63, 3.8) is 0 Å². The van der Waals surface area contributed by atoms with Crippen LogP contribution in [0, 0.1) is 0 Å². The number of hydrogen-bond acceptors (Lipinski definition) is 3. The summed E-state index contributed by atoms with van der Waals surface area (Å²) in [7, 11) is 0. The fraction of sp³-hybridized carbons (Fsp3) is 0.455. The summed E-state index contributed by atoms with van der Waals surface area (Å²) in [5.41, 5.74) is 5.27. The normalized spacial score (nSPS) is 22.7. The Labute approximate surface area is 147 Å². The van der Waals surface area contributed by atoms with Gasteiger partial charge in [0.05, 0.1) is 0 Å². The second-order valence-corrected chi connectivity index (χ2v) is 8.36. The molecule has 0 unspecified atom stereocenters. The molecule has 3 aliphatic carbocycles. The zero-order chi connectivity index (χ0) is 16.8. The maximum atomic E-state index is 10.6. The molecule has 1 aliphatic heterocycles. The Morgan fingerprint density at radius 1 is 0.800 bits per heavy atom. The number of ether oxygens (including phenoxy) is 1. The lowest BCUT2D eigenvalue weighted by Crippen LogP contribution is -2.42. The first-order chi connectivity index (χ1) is 12.1.